The Kier molecular flexibility index (Phi) is 3.94. The molecule has 0 aliphatic carbocycles. The molecule has 7 nitrogen and oxygen atoms in total. The highest BCUT2D eigenvalue weighted by atomic mass is 16.2. The lowest BCUT2D eigenvalue weighted by Gasteiger charge is -2.30. The van der Waals surface area contributed by atoms with Crippen molar-refractivity contribution in [3.05, 3.63) is 28.7 Å². The number of piperidine rings is 1. The summed E-state index contributed by atoms with van der Waals surface area (Å²) in [6.45, 7) is 2.80. The van der Waals surface area contributed by atoms with Crippen molar-refractivity contribution in [2.75, 3.05) is 18.4 Å². The second-order valence-electron chi connectivity index (χ2n) is 5.99. The maximum atomic E-state index is 12.4. The van der Waals surface area contributed by atoms with E-state index < -0.39 is 0 Å². The second kappa shape index (κ2) is 5.91. The molecule has 0 radical (unpaired) electrons. The quantitative estimate of drug-likeness (QED) is 0.868. The average Bonchev–Trinajstić information content (AvgIpc) is 2.81. The number of carbonyl (C=O) groups is 2. The van der Waals surface area contributed by atoms with Gasteiger partial charge in [0.1, 0.15) is 0 Å². The summed E-state index contributed by atoms with van der Waals surface area (Å²) in [6, 6.07) is 5.36. The summed E-state index contributed by atoms with van der Waals surface area (Å²) < 4.78 is 1.53. The Morgan fingerprint density at radius 2 is 1.96 bits per heavy atom. The molecule has 2 N–H and O–H groups in total. The minimum Gasteiger partial charge on any atom is -0.343 e. The first kappa shape index (κ1) is 15.3. The fourth-order valence-electron chi connectivity index (χ4n) is 3.02. The molecule has 7 heteroatoms. The van der Waals surface area contributed by atoms with Gasteiger partial charge in [0, 0.05) is 38.7 Å². The summed E-state index contributed by atoms with van der Waals surface area (Å²) in [5.74, 6) is -0.0655. The van der Waals surface area contributed by atoms with E-state index >= 15 is 0 Å². The second-order valence-corrected chi connectivity index (χ2v) is 5.99. The van der Waals surface area contributed by atoms with E-state index in [0.717, 1.165) is 5.52 Å². The maximum Gasteiger partial charge on any atom is 0.326 e. The highest BCUT2D eigenvalue weighted by Gasteiger charge is 2.26. The molecule has 0 saturated carbocycles. The molecule has 122 valence electrons. The Bertz CT molecular complexity index is 812. The minimum absolute atomic E-state index is 0.0363. The van der Waals surface area contributed by atoms with E-state index in [-0.39, 0.29) is 23.4 Å². The molecular formula is C16H20N4O3. The molecule has 3 rings (SSSR count). The van der Waals surface area contributed by atoms with Crippen molar-refractivity contribution < 1.29 is 9.59 Å². The number of benzene rings is 1. The van der Waals surface area contributed by atoms with Crippen LogP contribution in [0.2, 0.25) is 0 Å². The predicted octanol–water partition coefficient (Wildman–Crippen LogP) is 1.06. The summed E-state index contributed by atoms with van der Waals surface area (Å²) in [7, 11) is 1.70. The van der Waals surface area contributed by atoms with Gasteiger partial charge < -0.3 is 15.2 Å². The van der Waals surface area contributed by atoms with Crippen LogP contribution >= 0.6 is 0 Å². The van der Waals surface area contributed by atoms with Gasteiger partial charge in [0.05, 0.1) is 11.0 Å². The van der Waals surface area contributed by atoms with Crippen LogP contribution in [0.15, 0.2) is 23.0 Å². The number of hydrogen-bond donors (Lipinski definition) is 2. The molecular weight excluding hydrogens is 296 g/mol. The van der Waals surface area contributed by atoms with Crippen LogP contribution in [0, 0.1) is 5.92 Å². The molecule has 1 aliphatic heterocycles. The Hall–Kier alpha value is -2.57. The van der Waals surface area contributed by atoms with Gasteiger partial charge in [-0.3, -0.25) is 14.2 Å². The largest absolute Gasteiger partial charge is 0.343 e. The molecule has 0 bridgehead atoms. The predicted molar refractivity (Wildman–Crippen MR) is 87.1 cm³/mol. The molecule has 0 atom stereocenters. The molecule has 0 spiro atoms. The van der Waals surface area contributed by atoms with E-state index in [2.05, 4.69) is 10.3 Å². The third-order valence-corrected chi connectivity index (χ3v) is 4.48. The Labute approximate surface area is 133 Å². The monoisotopic (exact) mass is 316 g/mol. The first-order chi connectivity index (χ1) is 11.0. The number of rotatable bonds is 2. The molecule has 1 saturated heterocycles. The minimum atomic E-state index is -0.180. The van der Waals surface area contributed by atoms with E-state index in [9.17, 15) is 14.4 Å². The molecule has 1 fully saturated rings. The molecule has 1 aliphatic rings. The SMILES string of the molecule is CC(=O)N1CCC(C(=O)Nc2ccc3c(c2)[nH]c(=O)n3C)CC1. The lowest BCUT2D eigenvalue weighted by Crippen LogP contribution is -2.40. The fraction of sp³-hybridized carbons (Fsp3) is 0.438. The highest BCUT2D eigenvalue weighted by Crippen LogP contribution is 2.21. The number of aryl methyl sites for hydroxylation is 1. The lowest BCUT2D eigenvalue weighted by atomic mass is 9.96. The van der Waals surface area contributed by atoms with Gasteiger partial charge in [-0.05, 0) is 31.0 Å². The van der Waals surface area contributed by atoms with Gasteiger partial charge >= 0.3 is 5.69 Å². The summed E-state index contributed by atoms with van der Waals surface area (Å²) in [5.41, 5.74) is 1.97. The van der Waals surface area contributed by atoms with E-state index in [4.69, 9.17) is 0 Å². The van der Waals surface area contributed by atoms with Crippen molar-refractivity contribution in [3.8, 4) is 0 Å². The maximum absolute atomic E-state index is 12.4. The zero-order chi connectivity index (χ0) is 16.6. The van der Waals surface area contributed by atoms with Crippen LogP contribution < -0.4 is 11.0 Å². The molecule has 0 unspecified atom stereocenters. The molecule has 2 amide bonds. The number of fused-ring (bicyclic) bond motifs is 1. The number of carbonyl (C=O) groups excluding carboxylic acids is 2. The lowest BCUT2D eigenvalue weighted by molar-refractivity contribution is -0.132. The number of amides is 2. The average molecular weight is 316 g/mol. The van der Waals surface area contributed by atoms with Crippen LogP contribution in [-0.4, -0.2) is 39.4 Å². The van der Waals surface area contributed by atoms with Gasteiger partial charge in [-0.25, -0.2) is 4.79 Å². The van der Waals surface area contributed by atoms with Crippen LogP contribution in [0.1, 0.15) is 19.8 Å². The summed E-state index contributed by atoms with van der Waals surface area (Å²) in [4.78, 5) is 39.8. The zero-order valence-electron chi connectivity index (χ0n) is 13.3. The van der Waals surface area contributed by atoms with Gasteiger partial charge in [0.2, 0.25) is 11.8 Å². The number of nitrogens with one attached hydrogen (secondary N) is 2. The first-order valence-electron chi connectivity index (χ1n) is 7.71. The molecule has 2 aromatic rings. The van der Waals surface area contributed by atoms with Crippen LogP contribution in [0.25, 0.3) is 11.0 Å². The van der Waals surface area contributed by atoms with Gasteiger partial charge in [-0.2, -0.15) is 0 Å². The summed E-state index contributed by atoms with van der Waals surface area (Å²) in [6.07, 6.45) is 1.35. The smallest absolute Gasteiger partial charge is 0.326 e. The van der Waals surface area contributed by atoms with Crippen LogP contribution in [0.3, 0.4) is 0 Å². The van der Waals surface area contributed by atoms with Gasteiger partial charge in [-0.15, -0.1) is 0 Å². The molecule has 1 aromatic carbocycles. The van der Waals surface area contributed by atoms with Crippen LogP contribution in [-0.2, 0) is 16.6 Å². The fourth-order valence-corrected chi connectivity index (χ4v) is 3.02. The summed E-state index contributed by atoms with van der Waals surface area (Å²) >= 11 is 0. The normalized spacial score (nSPS) is 15.8. The van der Waals surface area contributed by atoms with Crippen LogP contribution in [0.5, 0.6) is 0 Å². The highest BCUT2D eigenvalue weighted by molar-refractivity contribution is 5.94. The van der Waals surface area contributed by atoms with Gasteiger partial charge in [-0.1, -0.05) is 0 Å². The topological polar surface area (TPSA) is 87.2 Å². The number of nitrogens with zero attached hydrogens (tertiary/aromatic N) is 2. The Morgan fingerprint density at radius 1 is 1.26 bits per heavy atom. The molecule has 1 aromatic heterocycles. The van der Waals surface area contributed by atoms with Crippen molar-refractivity contribution in [1.29, 1.82) is 0 Å². The molecule has 23 heavy (non-hydrogen) atoms. The van der Waals surface area contributed by atoms with Crippen molar-refractivity contribution in [2.45, 2.75) is 19.8 Å². The number of aromatic nitrogens is 2. The zero-order valence-corrected chi connectivity index (χ0v) is 13.3. The van der Waals surface area contributed by atoms with Crippen molar-refractivity contribution in [1.82, 2.24) is 14.5 Å². The third-order valence-electron chi connectivity index (χ3n) is 4.48. The van der Waals surface area contributed by atoms with E-state index in [1.807, 2.05) is 0 Å². The van der Waals surface area contributed by atoms with E-state index in [0.29, 0.717) is 37.1 Å². The van der Waals surface area contributed by atoms with Crippen molar-refractivity contribution in [3.63, 3.8) is 0 Å². The van der Waals surface area contributed by atoms with Gasteiger partial charge in [0.25, 0.3) is 0 Å². The van der Waals surface area contributed by atoms with Crippen molar-refractivity contribution in [2.24, 2.45) is 13.0 Å². The molecule has 2 heterocycles. The van der Waals surface area contributed by atoms with E-state index in [1.165, 1.54) is 4.57 Å². The van der Waals surface area contributed by atoms with Gasteiger partial charge in [0.15, 0.2) is 0 Å². The standard InChI is InChI=1S/C16H20N4O3/c1-10(21)20-7-5-11(6-8-20)15(22)17-12-3-4-14-13(9-12)18-16(23)19(14)2/h3-4,9,11H,5-8H2,1-2H3,(H,17,22)(H,18,23). The summed E-state index contributed by atoms with van der Waals surface area (Å²) in [5, 5.41) is 2.90. The van der Waals surface area contributed by atoms with Crippen molar-refractivity contribution >= 4 is 28.5 Å². The third kappa shape index (κ3) is 2.99. The van der Waals surface area contributed by atoms with Crippen LogP contribution in [0.4, 0.5) is 5.69 Å². The Morgan fingerprint density at radius 3 is 2.61 bits per heavy atom. The Balaban J connectivity index is 1.68. The first-order valence-corrected chi connectivity index (χ1v) is 7.71. The number of aromatic amines is 1. The van der Waals surface area contributed by atoms with E-state index in [1.54, 1.807) is 37.1 Å². The number of likely N-dealkylation sites (tertiary alicyclic amines) is 1. The number of imidazole rings is 1. The number of H-pyrrole nitrogens is 1. The number of anilines is 1. The number of hydrogen-bond acceptors (Lipinski definition) is 3.